The van der Waals surface area contributed by atoms with Crippen molar-refractivity contribution in [2.75, 3.05) is 31.8 Å². The number of rotatable bonds is 7. The largest absolute Gasteiger partial charge is 0.496 e. The average molecular weight is 482 g/mol. The van der Waals surface area contributed by atoms with Gasteiger partial charge in [-0.15, -0.1) is 0 Å². The number of carbonyl (C=O) groups is 3. The van der Waals surface area contributed by atoms with Gasteiger partial charge in [0, 0.05) is 10.7 Å². The predicted octanol–water partition coefficient (Wildman–Crippen LogP) is 3.73. The molecule has 176 valence electrons. The van der Waals surface area contributed by atoms with E-state index in [0.29, 0.717) is 27.8 Å². The molecule has 1 aliphatic heterocycles. The molecule has 2 heterocycles. The van der Waals surface area contributed by atoms with E-state index in [4.69, 9.17) is 20.8 Å². The molecular formula is C25H24ClN3O5. The summed E-state index contributed by atoms with van der Waals surface area (Å²) in [5.41, 5.74) is 1.75. The van der Waals surface area contributed by atoms with E-state index in [2.05, 4.69) is 0 Å². The van der Waals surface area contributed by atoms with Crippen LogP contribution in [0.1, 0.15) is 21.7 Å². The van der Waals surface area contributed by atoms with Crippen molar-refractivity contribution >= 4 is 35.0 Å². The molecule has 0 atom stereocenters. The molecule has 1 saturated heterocycles. The molecule has 1 aromatic heterocycles. The molecule has 0 N–H and O–H groups in total. The molecule has 0 spiro atoms. The number of ether oxygens (including phenoxy) is 1. The Hall–Kier alpha value is -3.78. The van der Waals surface area contributed by atoms with E-state index in [0.717, 1.165) is 5.56 Å². The van der Waals surface area contributed by atoms with Crippen LogP contribution in [0.3, 0.4) is 0 Å². The van der Waals surface area contributed by atoms with E-state index in [-0.39, 0.29) is 44.0 Å². The highest BCUT2D eigenvalue weighted by molar-refractivity contribution is 6.31. The van der Waals surface area contributed by atoms with Gasteiger partial charge < -0.3 is 19.0 Å². The number of amides is 3. The van der Waals surface area contributed by atoms with Crippen LogP contribution in [-0.2, 0) is 16.1 Å². The fraction of sp³-hybridized carbons (Fsp3) is 0.240. The van der Waals surface area contributed by atoms with Crippen LogP contribution < -0.4 is 9.64 Å². The van der Waals surface area contributed by atoms with Crippen LogP contribution in [0.4, 0.5) is 5.69 Å². The van der Waals surface area contributed by atoms with Gasteiger partial charge in [-0.3, -0.25) is 19.3 Å². The van der Waals surface area contributed by atoms with Crippen molar-refractivity contribution in [2.24, 2.45) is 0 Å². The van der Waals surface area contributed by atoms with Crippen molar-refractivity contribution in [3.05, 3.63) is 82.8 Å². The van der Waals surface area contributed by atoms with Crippen LogP contribution in [0.2, 0.25) is 5.02 Å². The molecule has 3 amide bonds. The number of carbonyl (C=O) groups excluding carboxylic acids is 3. The standard InChI is InChI=1S/C25H24ClN3O5/c1-17-20(26)9-5-10-21(17)29-16-28(15-24(29)31)23(30)14-27(13-18-7-6-12-34-18)25(32)19-8-3-4-11-22(19)33-2/h3-12H,13-16H2,1-2H3. The lowest BCUT2D eigenvalue weighted by molar-refractivity contribution is -0.132. The first-order valence-electron chi connectivity index (χ1n) is 10.7. The fourth-order valence-electron chi connectivity index (χ4n) is 3.86. The molecule has 3 aromatic rings. The Morgan fingerprint density at radius 3 is 2.65 bits per heavy atom. The molecular weight excluding hydrogens is 458 g/mol. The SMILES string of the molecule is COc1ccccc1C(=O)N(CC(=O)N1CC(=O)N(c2cccc(Cl)c2C)C1)Cc1ccco1. The van der Waals surface area contributed by atoms with Crippen LogP contribution in [0.15, 0.2) is 65.3 Å². The summed E-state index contributed by atoms with van der Waals surface area (Å²) in [5, 5.41) is 0.544. The maximum absolute atomic E-state index is 13.4. The number of nitrogens with zero attached hydrogens (tertiary/aromatic N) is 3. The maximum Gasteiger partial charge on any atom is 0.258 e. The van der Waals surface area contributed by atoms with Crippen molar-refractivity contribution in [1.82, 2.24) is 9.80 Å². The lowest BCUT2D eigenvalue weighted by Crippen LogP contribution is -2.42. The summed E-state index contributed by atoms with van der Waals surface area (Å²) in [5.74, 6) is -0.0129. The summed E-state index contributed by atoms with van der Waals surface area (Å²) >= 11 is 6.21. The van der Waals surface area contributed by atoms with Gasteiger partial charge in [0.15, 0.2) is 0 Å². The van der Waals surface area contributed by atoms with Crippen LogP contribution in [-0.4, -0.2) is 54.4 Å². The number of benzene rings is 2. The Bertz CT molecular complexity index is 1210. The number of para-hydroxylation sites is 1. The second-order valence-corrected chi connectivity index (χ2v) is 8.29. The molecule has 8 nitrogen and oxygen atoms in total. The minimum Gasteiger partial charge on any atom is -0.496 e. The van der Waals surface area contributed by atoms with Crippen molar-refractivity contribution in [3.63, 3.8) is 0 Å². The summed E-state index contributed by atoms with van der Waals surface area (Å²) in [6, 6.07) is 15.6. The Morgan fingerprint density at radius 1 is 1.12 bits per heavy atom. The molecule has 34 heavy (non-hydrogen) atoms. The second kappa shape index (κ2) is 10.0. The molecule has 2 aromatic carbocycles. The third kappa shape index (κ3) is 4.77. The first-order valence-corrected chi connectivity index (χ1v) is 11.0. The molecule has 0 bridgehead atoms. The summed E-state index contributed by atoms with van der Waals surface area (Å²) < 4.78 is 10.7. The minimum atomic E-state index is -0.379. The third-order valence-electron chi connectivity index (χ3n) is 5.70. The quantitative estimate of drug-likeness (QED) is 0.513. The first-order chi connectivity index (χ1) is 16.4. The summed E-state index contributed by atoms with van der Waals surface area (Å²) in [6.07, 6.45) is 1.51. The van der Waals surface area contributed by atoms with Gasteiger partial charge in [-0.2, -0.15) is 0 Å². The van der Waals surface area contributed by atoms with Crippen molar-refractivity contribution in [1.29, 1.82) is 0 Å². The van der Waals surface area contributed by atoms with Crippen LogP contribution in [0, 0.1) is 6.92 Å². The summed E-state index contributed by atoms with van der Waals surface area (Å²) in [7, 11) is 1.48. The lowest BCUT2D eigenvalue weighted by Gasteiger charge is -2.25. The Morgan fingerprint density at radius 2 is 1.91 bits per heavy atom. The second-order valence-electron chi connectivity index (χ2n) is 7.88. The van der Waals surface area contributed by atoms with Gasteiger partial charge in [0.1, 0.15) is 31.3 Å². The molecule has 9 heteroatoms. The third-order valence-corrected chi connectivity index (χ3v) is 6.11. The highest BCUT2D eigenvalue weighted by atomic mass is 35.5. The summed E-state index contributed by atoms with van der Waals surface area (Å²) in [6.45, 7) is 1.69. The maximum atomic E-state index is 13.4. The van der Waals surface area contributed by atoms with Crippen molar-refractivity contribution < 1.29 is 23.5 Å². The lowest BCUT2D eigenvalue weighted by atomic mass is 10.1. The van der Waals surface area contributed by atoms with Gasteiger partial charge in [-0.25, -0.2) is 0 Å². The molecule has 0 unspecified atom stereocenters. The van der Waals surface area contributed by atoms with Crippen molar-refractivity contribution in [2.45, 2.75) is 13.5 Å². The Labute approximate surface area is 202 Å². The predicted molar refractivity (Wildman–Crippen MR) is 127 cm³/mol. The minimum absolute atomic E-state index is 0.0797. The van der Waals surface area contributed by atoms with Crippen LogP contribution in [0.25, 0.3) is 0 Å². The first kappa shape index (κ1) is 23.4. The van der Waals surface area contributed by atoms with Crippen LogP contribution in [0.5, 0.6) is 5.75 Å². The van der Waals surface area contributed by atoms with Gasteiger partial charge >= 0.3 is 0 Å². The van der Waals surface area contributed by atoms with E-state index in [1.165, 1.54) is 28.1 Å². The van der Waals surface area contributed by atoms with Gasteiger partial charge in [0.05, 0.1) is 25.5 Å². The van der Waals surface area contributed by atoms with E-state index < -0.39 is 0 Å². The zero-order chi connectivity index (χ0) is 24.2. The average Bonchev–Trinajstić information content (AvgIpc) is 3.49. The molecule has 0 aliphatic carbocycles. The van der Waals surface area contributed by atoms with Crippen LogP contribution >= 0.6 is 11.6 Å². The summed E-state index contributed by atoms with van der Waals surface area (Å²) in [4.78, 5) is 43.6. The van der Waals surface area contributed by atoms with E-state index in [1.807, 2.05) is 6.92 Å². The fourth-order valence-corrected chi connectivity index (χ4v) is 4.03. The normalized spacial score (nSPS) is 13.3. The monoisotopic (exact) mass is 481 g/mol. The molecule has 0 radical (unpaired) electrons. The highest BCUT2D eigenvalue weighted by Gasteiger charge is 2.34. The number of furan rings is 1. The van der Waals surface area contributed by atoms with E-state index in [9.17, 15) is 14.4 Å². The zero-order valence-electron chi connectivity index (χ0n) is 18.9. The molecule has 0 saturated carbocycles. The number of anilines is 1. The molecule has 1 aliphatic rings. The van der Waals surface area contributed by atoms with Gasteiger partial charge in [0.2, 0.25) is 11.8 Å². The van der Waals surface area contributed by atoms with E-state index in [1.54, 1.807) is 54.6 Å². The number of hydrogen-bond donors (Lipinski definition) is 0. The zero-order valence-corrected chi connectivity index (χ0v) is 19.6. The van der Waals surface area contributed by atoms with E-state index >= 15 is 0 Å². The van der Waals surface area contributed by atoms with Crippen molar-refractivity contribution in [3.8, 4) is 5.75 Å². The smallest absolute Gasteiger partial charge is 0.258 e. The number of hydrogen-bond acceptors (Lipinski definition) is 5. The van der Waals surface area contributed by atoms with Gasteiger partial charge in [0.25, 0.3) is 5.91 Å². The number of methoxy groups -OCH3 is 1. The Kier molecular flexibility index (Phi) is 6.88. The number of halogens is 1. The highest BCUT2D eigenvalue weighted by Crippen LogP contribution is 2.29. The molecule has 4 rings (SSSR count). The topological polar surface area (TPSA) is 83.3 Å². The Balaban J connectivity index is 1.54. The molecule has 1 fully saturated rings. The van der Waals surface area contributed by atoms with Gasteiger partial charge in [-0.05, 0) is 48.9 Å². The van der Waals surface area contributed by atoms with Gasteiger partial charge in [-0.1, -0.05) is 29.8 Å².